The minimum atomic E-state index is -4.49. The Balaban J connectivity index is 2.05. The number of hydrogen-bond acceptors (Lipinski definition) is 2. The average Bonchev–Trinajstić information content (AvgIpc) is 2.77. The summed E-state index contributed by atoms with van der Waals surface area (Å²) in [6.45, 7) is 0.0148. The van der Waals surface area contributed by atoms with E-state index in [0.29, 0.717) is 9.90 Å². The first-order chi connectivity index (χ1) is 10.4. The first-order valence-corrected chi connectivity index (χ1v) is 7.49. The molecule has 2 heterocycles. The highest BCUT2D eigenvalue weighted by atomic mass is 35.5. The van der Waals surface area contributed by atoms with Crippen molar-refractivity contribution in [2.75, 3.05) is 0 Å². The minimum absolute atomic E-state index is 0.0148. The zero-order chi connectivity index (χ0) is 15.9. The number of pyridine rings is 1. The first kappa shape index (κ1) is 15.1. The lowest BCUT2D eigenvalue weighted by Crippen LogP contribution is -2.21. The maximum atomic E-state index is 12.7. The van der Waals surface area contributed by atoms with Gasteiger partial charge in [-0.15, -0.1) is 11.3 Å². The Morgan fingerprint density at radius 3 is 2.55 bits per heavy atom. The van der Waals surface area contributed by atoms with Crippen LogP contribution in [0.5, 0.6) is 0 Å². The van der Waals surface area contributed by atoms with Gasteiger partial charge in [-0.25, -0.2) is 0 Å². The van der Waals surface area contributed by atoms with E-state index in [1.807, 2.05) is 24.3 Å². The number of fused-ring (bicyclic) bond motifs is 1. The topological polar surface area (TPSA) is 22.0 Å². The van der Waals surface area contributed by atoms with Crippen LogP contribution in [0.4, 0.5) is 13.2 Å². The van der Waals surface area contributed by atoms with E-state index in [9.17, 15) is 18.0 Å². The Kier molecular flexibility index (Phi) is 3.74. The first-order valence-electron chi connectivity index (χ1n) is 6.30. The van der Waals surface area contributed by atoms with E-state index >= 15 is 0 Å². The Hall–Kier alpha value is -1.79. The predicted octanol–water partition coefficient (Wildman–Crippen LogP) is 4.78. The summed E-state index contributed by atoms with van der Waals surface area (Å²) in [5, 5.41) is 1.31. The molecule has 0 radical (unpaired) electrons. The van der Waals surface area contributed by atoms with Gasteiger partial charge in [-0.3, -0.25) is 4.79 Å². The van der Waals surface area contributed by atoms with Gasteiger partial charge in [0.15, 0.2) is 0 Å². The highest BCUT2D eigenvalue weighted by Crippen LogP contribution is 2.35. The zero-order valence-electron chi connectivity index (χ0n) is 11.0. The number of alkyl halides is 3. The second-order valence-electron chi connectivity index (χ2n) is 4.72. The fourth-order valence-corrected chi connectivity index (χ4v) is 3.64. The van der Waals surface area contributed by atoms with Gasteiger partial charge in [0.1, 0.15) is 0 Å². The smallest absolute Gasteiger partial charge is 0.310 e. The van der Waals surface area contributed by atoms with Gasteiger partial charge in [-0.1, -0.05) is 29.8 Å². The van der Waals surface area contributed by atoms with Crippen molar-refractivity contribution in [2.24, 2.45) is 0 Å². The van der Waals surface area contributed by atoms with Gasteiger partial charge in [0.25, 0.3) is 5.56 Å². The number of nitrogens with zero attached hydrogens (tertiary/aromatic N) is 1. The van der Waals surface area contributed by atoms with Gasteiger partial charge in [0, 0.05) is 27.2 Å². The van der Waals surface area contributed by atoms with E-state index in [0.717, 1.165) is 33.0 Å². The summed E-state index contributed by atoms with van der Waals surface area (Å²) in [7, 11) is 0. The Morgan fingerprint density at radius 2 is 1.86 bits per heavy atom. The second-order valence-corrected chi connectivity index (χ2v) is 6.23. The molecule has 0 saturated carbocycles. The van der Waals surface area contributed by atoms with Crippen LogP contribution >= 0.6 is 22.9 Å². The molecule has 2 aromatic heterocycles. The van der Waals surface area contributed by atoms with Crippen LogP contribution in [0, 0.1) is 0 Å². The van der Waals surface area contributed by atoms with Gasteiger partial charge in [0.05, 0.1) is 17.1 Å². The molecule has 2 nitrogen and oxygen atoms in total. The lowest BCUT2D eigenvalue weighted by molar-refractivity contribution is -0.138. The van der Waals surface area contributed by atoms with Gasteiger partial charge >= 0.3 is 6.18 Å². The molecule has 0 bridgehead atoms. The predicted molar refractivity (Wildman–Crippen MR) is 81.6 cm³/mol. The summed E-state index contributed by atoms with van der Waals surface area (Å²) in [6.07, 6.45) is -3.66. The number of hydrogen-bond donors (Lipinski definition) is 0. The van der Waals surface area contributed by atoms with Crippen molar-refractivity contribution in [1.29, 1.82) is 0 Å². The fourth-order valence-electron chi connectivity index (χ4n) is 2.14. The molecular formula is C15H9ClF3NOS. The van der Waals surface area contributed by atoms with Crippen LogP contribution in [0.1, 0.15) is 10.4 Å². The van der Waals surface area contributed by atoms with Gasteiger partial charge in [-0.05, 0) is 12.1 Å². The molecule has 0 saturated heterocycles. The molecule has 0 aliphatic rings. The van der Waals surface area contributed by atoms with Crippen molar-refractivity contribution in [3.63, 3.8) is 0 Å². The molecule has 114 valence electrons. The van der Waals surface area contributed by atoms with Crippen LogP contribution < -0.4 is 5.56 Å². The molecule has 3 rings (SSSR count). The molecule has 22 heavy (non-hydrogen) atoms. The summed E-state index contributed by atoms with van der Waals surface area (Å²) >= 11 is 7.63. The molecular weight excluding hydrogens is 335 g/mol. The van der Waals surface area contributed by atoms with Crippen LogP contribution in [0.3, 0.4) is 0 Å². The van der Waals surface area contributed by atoms with Crippen molar-refractivity contribution < 1.29 is 13.2 Å². The number of aromatic nitrogens is 1. The maximum Gasteiger partial charge on any atom is 0.417 e. The van der Waals surface area contributed by atoms with Crippen LogP contribution in [-0.4, -0.2) is 4.57 Å². The molecule has 0 aliphatic heterocycles. The minimum Gasteiger partial charge on any atom is -0.310 e. The standard InChI is InChI=1S/C15H9ClF3NOS/c16-14-10-3-1-2-4-11(10)22-12(14)8-20-7-9(15(17,18)19)5-6-13(20)21/h1-7H,8H2. The third-order valence-corrected chi connectivity index (χ3v) is 4.93. The van der Waals surface area contributed by atoms with E-state index in [4.69, 9.17) is 11.6 Å². The summed E-state index contributed by atoms with van der Waals surface area (Å²) < 4.78 is 40.2. The van der Waals surface area contributed by atoms with Gasteiger partial charge in [-0.2, -0.15) is 13.2 Å². The largest absolute Gasteiger partial charge is 0.417 e. The van der Waals surface area contributed by atoms with E-state index in [1.165, 1.54) is 11.3 Å². The molecule has 0 aliphatic carbocycles. The molecule has 3 aromatic rings. The summed E-state index contributed by atoms with van der Waals surface area (Å²) in [6, 6.07) is 9.11. The third-order valence-electron chi connectivity index (χ3n) is 3.23. The van der Waals surface area contributed by atoms with E-state index in [-0.39, 0.29) is 6.54 Å². The van der Waals surface area contributed by atoms with Crippen LogP contribution in [0.15, 0.2) is 47.4 Å². The molecule has 0 unspecified atom stereocenters. The lowest BCUT2D eigenvalue weighted by Gasteiger charge is -2.10. The van der Waals surface area contributed by atoms with Crippen LogP contribution in [-0.2, 0) is 12.7 Å². The third kappa shape index (κ3) is 2.76. The highest BCUT2D eigenvalue weighted by Gasteiger charge is 2.31. The monoisotopic (exact) mass is 343 g/mol. The Labute approximate surface area is 132 Å². The molecule has 0 spiro atoms. The molecule has 7 heteroatoms. The normalized spacial score (nSPS) is 12.0. The van der Waals surface area contributed by atoms with Crippen molar-refractivity contribution >= 4 is 33.0 Å². The number of halogens is 4. The van der Waals surface area contributed by atoms with Crippen molar-refractivity contribution in [2.45, 2.75) is 12.7 Å². The highest BCUT2D eigenvalue weighted by molar-refractivity contribution is 7.19. The quantitative estimate of drug-likeness (QED) is 0.656. The SMILES string of the molecule is O=c1ccc(C(F)(F)F)cn1Cc1sc2ccccc2c1Cl. The summed E-state index contributed by atoms with van der Waals surface area (Å²) in [5.74, 6) is 0. The molecule has 0 fully saturated rings. The van der Waals surface area contributed by atoms with Crippen molar-refractivity contribution in [3.05, 3.63) is 68.4 Å². The molecule has 0 atom stereocenters. The summed E-state index contributed by atoms with van der Waals surface area (Å²) in [5.41, 5.74) is -1.36. The van der Waals surface area contributed by atoms with Gasteiger partial charge < -0.3 is 4.57 Å². The zero-order valence-corrected chi connectivity index (χ0v) is 12.6. The average molecular weight is 344 g/mol. The lowest BCUT2D eigenvalue weighted by atomic mass is 10.2. The van der Waals surface area contributed by atoms with Crippen molar-refractivity contribution in [1.82, 2.24) is 4.57 Å². The molecule has 1 aromatic carbocycles. The van der Waals surface area contributed by atoms with Crippen LogP contribution in [0.25, 0.3) is 10.1 Å². The second kappa shape index (κ2) is 5.44. The number of benzene rings is 1. The Morgan fingerprint density at radius 1 is 1.14 bits per heavy atom. The molecule has 0 amide bonds. The number of rotatable bonds is 2. The van der Waals surface area contributed by atoms with E-state index in [2.05, 4.69) is 0 Å². The molecule has 0 N–H and O–H groups in total. The fraction of sp³-hybridized carbons (Fsp3) is 0.133. The maximum absolute atomic E-state index is 12.7. The summed E-state index contributed by atoms with van der Waals surface area (Å²) in [4.78, 5) is 12.4. The van der Waals surface area contributed by atoms with Crippen LogP contribution in [0.2, 0.25) is 5.02 Å². The van der Waals surface area contributed by atoms with E-state index in [1.54, 1.807) is 0 Å². The van der Waals surface area contributed by atoms with Gasteiger partial charge in [0.2, 0.25) is 0 Å². The Bertz CT molecular complexity index is 898. The van der Waals surface area contributed by atoms with E-state index < -0.39 is 17.3 Å². The van der Waals surface area contributed by atoms with Crippen molar-refractivity contribution in [3.8, 4) is 0 Å². The number of thiophene rings is 1.